The summed E-state index contributed by atoms with van der Waals surface area (Å²) in [6, 6.07) is 3.15. The molecule has 1 aromatic rings. The largest absolute Gasteiger partial charge is 0.507 e. The summed E-state index contributed by atoms with van der Waals surface area (Å²) in [7, 11) is 0. The molecule has 0 spiro atoms. The fourth-order valence-corrected chi connectivity index (χ4v) is 1.92. The maximum atomic E-state index is 11.9. The fourth-order valence-electron chi connectivity index (χ4n) is 1.92. The normalized spacial score (nSPS) is 12.2. The Labute approximate surface area is 108 Å². The summed E-state index contributed by atoms with van der Waals surface area (Å²) in [6.45, 7) is 8.39. The predicted molar refractivity (Wildman–Crippen MR) is 70.6 cm³/mol. The van der Waals surface area contributed by atoms with Gasteiger partial charge in [0.1, 0.15) is 11.8 Å². The second-order valence-corrected chi connectivity index (χ2v) is 4.25. The number of phenolic OH excluding ortho intramolecular Hbond substituents is 1. The smallest absolute Gasteiger partial charge is 0.327 e. The highest BCUT2D eigenvalue weighted by atomic mass is 16.5. The lowest BCUT2D eigenvalue weighted by Crippen LogP contribution is -2.30. The van der Waals surface area contributed by atoms with Crippen molar-refractivity contribution < 1.29 is 14.6 Å². The molecule has 0 aliphatic heterocycles. The minimum absolute atomic E-state index is 0.276. The molecule has 18 heavy (non-hydrogen) atoms. The van der Waals surface area contributed by atoms with E-state index >= 15 is 0 Å². The molecule has 0 saturated carbocycles. The van der Waals surface area contributed by atoms with Crippen molar-refractivity contribution in [1.29, 1.82) is 0 Å². The molecule has 0 aromatic heterocycles. The van der Waals surface area contributed by atoms with E-state index in [4.69, 9.17) is 4.74 Å². The molecular weight excluding hydrogens is 230 g/mol. The SMILES string of the molecule is CCNC(C(=O)OCC)c1cc(C)c(O)c(C)c1. The van der Waals surface area contributed by atoms with Crippen LogP contribution in [0.4, 0.5) is 0 Å². The van der Waals surface area contributed by atoms with Crippen LogP contribution >= 0.6 is 0 Å². The van der Waals surface area contributed by atoms with E-state index in [-0.39, 0.29) is 11.7 Å². The van der Waals surface area contributed by atoms with Gasteiger partial charge in [0.15, 0.2) is 0 Å². The molecule has 0 aliphatic carbocycles. The monoisotopic (exact) mass is 251 g/mol. The van der Waals surface area contributed by atoms with E-state index in [0.717, 1.165) is 16.7 Å². The van der Waals surface area contributed by atoms with Crippen molar-refractivity contribution >= 4 is 5.97 Å². The van der Waals surface area contributed by atoms with Crippen molar-refractivity contribution in [1.82, 2.24) is 5.32 Å². The van der Waals surface area contributed by atoms with E-state index in [1.54, 1.807) is 6.92 Å². The second-order valence-electron chi connectivity index (χ2n) is 4.25. The van der Waals surface area contributed by atoms with Gasteiger partial charge in [-0.1, -0.05) is 19.1 Å². The van der Waals surface area contributed by atoms with Gasteiger partial charge in [0.25, 0.3) is 0 Å². The molecule has 0 radical (unpaired) electrons. The second kappa shape index (κ2) is 6.40. The Morgan fingerprint density at radius 2 is 1.89 bits per heavy atom. The van der Waals surface area contributed by atoms with Crippen LogP contribution in [0.25, 0.3) is 0 Å². The molecule has 0 aliphatic rings. The number of carbonyl (C=O) groups excluding carboxylic acids is 1. The third-order valence-electron chi connectivity index (χ3n) is 2.78. The Balaban J connectivity index is 3.09. The number of carbonyl (C=O) groups is 1. The minimum Gasteiger partial charge on any atom is -0.507 e. The van der Waals surface area contributed by atoms with Crippen LogP contribution in [0.2, 0.25) is 0 Å². The molecule has 1 unspecified atom stereocenters. The standard InChI is InChI=1S/C14H21NO3/c1-5-15-12(14(17)18-6-2)11-7-9(3)13(16)10(4)8-11/h7-8,12,15-16H,5-6H2,1-4H3. The summed E-state index contributed by atoms with van der Waals surface area (Å²) < 4.78 is 5.06. The summed E-state index contributed by atoms with van der Waals surface area (Å²) in [5, 5.41) is 12.8. The van der Waals surface area contributed by atoms with Crippen LogP contribution in [0.15, 0.2) is 12.1 Å². The van der Waals surface area contributed by atoms with Crippen LogP contribution in [0.5, 0.6) is 5.75 Å². The fraction of sp³-hybridized carbons (Fsp3) is 0.500. The van der Waals surface area contributed by atoms with Crippen LogP contribution in [-0.2, 0) is 9.53 Å². The lowest BCUT2D eigenvalue weighted by atomic mass is 10.00. The summed E-state index contributed by atoms with van der Waals surface area (Å²) in [5.74, 6) is -0.0123. The molecule has 4 nitrogen and oxygen atoms in total. The first-order valence-corrected chi connectivity index (χ1v) is 6.21. The number of benzene rings is 1. The molecule has 1 aromatic carbocycles. The van der Waals surface area contributed by atoms with Gasteiger partial charge >= 0.3 is 5.97 Å². The maximum Gasteiger partial charge on any atom is 0.327 e. The van der Waals surface area contributed by atoms with Crippen LogP contribution in [0, 0.1) is 13.8 Å². The predicted octanol–water partition coefficient (Wildman–Crippen LogP) is 2.22. The van der Waals surface area contributed by atoms with Gasteiger partial charge in [-0.2, -0.15) is 0 Å². The van der Waals surface area contributed by atoms with Gasteiger partial charge < -0.3 is 15.2 Å². The summed E-state index contributed by atoms with van der Waals surface area (Å²) >= 11 is 0. The molecule has 1 atom stereocenters. The molecule has 4 heteroatoms. The molecule has 0 bridgehead atoms. The third kappa shape index (κ3) is 3.23. The number of aryl methyl sites for hydroxylation is 2. The van der Waals surface area contributed by atoms with Gasteiger partial charge in [-0.15, -0.1) is 0 Å². The van der Waals surface area contributed by atoms with Crippen molar-refractivity contribution in [2.45, 2.75) is 33.7 Å². The molecular formula is C14H21NO3. The van der Waals surface area contributed by atoms with Crippen molar-refractivity contribution in [2.24, 2.45) is 0 Å². The average Bonchev–Trinajstić information content (AvgIpc) is 2.32. The Kier molecular flexibility index (Phi) is 5.16. The van der Waals surface area contributed by atoms with Crippen molar-refractivity contribution in [2.75, 3.05) is 13.2 Å². The van der Waals surface area contributed by atoms with Crippen molar-refractivity contribution in [3.63, 3.8) is 0 Å². The zero-order chi connectivity index (χ0) is 13.7. The van der Waals surface area contributed by atoms with E-state index in [0.29, 0.717) is 13.2 Å². The zero-order valence-corrected chi connectivity index (χ0v) is 11.4. The molecule has 2 N–H and O–H groups in total. The number of hydrogen-bond donors (Lipinski definition) is 2. The third-order valence-corrected chi connectivity index (χ3v) is 2.78. The van der Waals surface area contributed by atoms with Crippen LogP contribution < -0.4 is 5.32 Å². The van der Waals surface area contributed by atoms with Gasteiger partial charge in [0, 0.05) is 0 Å². The van der Waals surface area contributed by atoms with Gasteiger partial charge in [-0.3, -0.25) is 0 Å². The number of nitrogens with one attached hydrogen (secondary N) is 1. The van der Waals surface area contributed by atoms with Gasteiger partial charge in [-0.25, -0.2) is 4.79 Å². The van der Waals surface area contributed by atoms with E-state index < -0.39 is 6.04 Å². The highest BCUT2D eigenvalue weighted by molar-refractivity contribution is 5.78. The molecule has 0 saturated heterocycles. The summed E-state index contributed by atoms with van der Waals surface area (Å²) in [5.41, 5.74) is 2.34. The van der Waals surface area contributed by atoms with Crippen molar-refractivity contribution in [3.8, 4) is 5.75 Å². The first kappa shape index (κ1) is 14.5. The molecule has 100 valence electrons. The first-order chi connectivity index (χ1) is 8.51. The average molecular weight is 251 g/mol. The Morgan fingerprint density at radius 3 is 2.33 bits per heavy atom. The Bertz CT molecular complexity index is 406. The van der Waals surface area contributed by atoms with Crippen LogP contribution in [0.1, 0.15) is 36.6 Å². The lowest BCUT2D eigenvalue weighted by molar-refractivity contribution is -0.145. The minimum atomic E-state index is -0.479. The quantitative estimate of drug-likeness (QED) is 0.788. The highest BCUT2D eigenvalue weighted by Crippen LogP contribution is 2.26. The van der Waals surface area contributed by atoms with E-state index in [1.165, 1.54) is 0 Å². The Morgan fingerprint density at radius 1 is 1.33 bits per heavy atom. The van der Waals surface area contributed by atoms with Gasteiger partial charge in [0.2, 0.25) is 0 Å². The molecule has 0 fully saturated rings. The highest BCUT2D eigenvalue weighted by Gasteiger charge is 2.22. The summed E-state index contributed by atoms with van der Waals surface area (Å²) in [6.07, 6.45) is 0. The van der Waals surface area contributed by atoms with Crippen molar-refractivity contribution in [3.05, 3.63) is 28.8 Å². The number of rotatable bonds is 5. The molecule has 0 amide bonds. The lowest BCUT2D eigenvalue weighted by Gasteiger charge is -2.18. The van der Waals surface area contributed by atoms with E-state index in [2.05, 4.69) is 5.32 Å². The van der Waals surface area contributed by atoms with E-state index in [1.807, 2.05) is 32.9 Å². The number of phenols is 1. The van der Waals surface area contributed by atoms with Crippen LogP contribution in [-0.4, -0.2) is 24.2 Å². The summed E-state index contributed by atoms with van der Waals surface area (Å²) in [4.78, 5) is 11.9. The zero-order valence-electron chi connectivity index (χ0n) is 11.4. The maximum absolute atomic E-state index is 11.9. The topological polar surface area (TPSA) is 58.6 Å². The molecule has 0 heterocycles. The van der Waals surface area contributed by atoms with Gasteiger partial charge in [-0.05, 0) is 44.0 Å². The van der Waals surface area contributed by atoms with Gasteiger partial charge in [0.05, 0.1) is 6.61 Å². The first-order valence-electron chi connectivity index (χ1n) is 6.21. The number of ether oxygens (including phenoxy) is 1. The van der Waals surface area contributed by atoms with Crippen LogP contribution in [0.3, 0.4) is 0 Å². The Hall–Kier alpha value is -1.55. The number of aromatic hydroxyl groups is 1. The van der Waals surface area contributed by atoms with E-state index in [9.17, 15) is 9.90 Å². The number of hydrogen-bond acceptors (Lipinski definition) is 4. The molecule has 1 rings (SSSR count). The number of likely N-dealkylation sites (N-methyl/N-ethyl adjacent to an activating group) is 1. The number of esters is 1.